The van der Waals surface area contributed by atoms with Gasteiger partial charge in [0.25, 0.3) is 0 Å². The molecule has 1 N–H and O–H groups in total. The lowest BCUT2D eigenvalue weighted by molar-refractivity contribution is 0.522. The van der Waals surface area contributed by atoms with Crippen molar-refractivity contribution in [2.45, 2.75) is 135 Å². The van der Waals surface area contributed by atoms with Crippen molar-refractivity contribution in [3.8, 4) is 0 Å². The van der Waals surface area contributed by atoms with Crippen molar-refractivity contribution >= 4 is 5.84 Å². The Bertz CT molecular complexity index is 286. The van der Waals surface area contributed by atoms with Crippen LogP contribution in [0.4, 0.5) is 0 Å². The van der Waals surface area contributed by atoms with Gasteiger partial charge >= 0.3 is 0 Å². The summed E-state index contributed by atoms with van der Waals surface area (Å²) in [6.07, 6.45) is 28.0. The zero-order chi connectivity index (χ0) is 19.3. The Morgan fingerprint density at radius 2 is 0.769 bits per heavy atom. The number of hydrogen-bond donors (Lipinski definition) is 1. The molecule has 0 aromatic rings. The smallest absolute Gasteiger partial charge is 0.0952 e. The summed E-state index contributed by atoms with van der Waals surface area (Å²) in [4.78, 5) is 1.93. The molecule has 0 unspecified atom stereocenters. The highest BCUT2D eigenvalue weighted by atomic mass is 15.1. The van der Waals surface area contributed by atoms with Crippen LogP contribution in [0.25, 0.3) is 0 Å². The maximum Gasteiger partial charge on any atom is 0.0952 e. The molecule has 0 aliphatic heterocycles. The SMILES string of the molecule is CCCCCCCCCCCCCCCCCCCCCC(=N)N(C)C. The molecule has 26 heavy (non-hydrogen) atoms. The molecule has 156 valence electrons. The van der Waals surface area contributed by atoms with Gasteiger partial charge in [0.15, 0.2) is 0 Å². The Labute approximate surface area is 166 Å². The van der Waals surface area contributed by atoms with Crippen LogP contribution in [0.3, 0.4) is 0 Å². The number of nitrogens with one attached hydrogen (secondary N) is 1. The van der Waals surface area contributed by atoms with Crippen LogP contribution in [0.2, 0.25) is 0 Å². The fourth-order valence-electron chi connectivity index (χ4n) is 3.59. The molecule has 0 radical (unpaired) electrons. The fraction of sp³-hybridized carbons (Fsp3) is 0.958. The summed E-state index contributed by atoms with van der Waals surface area (Å²) >= 11 is 0. The summed E-state index contributed by atoms with van der Waals surface area (Å²) in [7, 11) is 3.94. The van der Waals surface area contributed by atoms with Crippen molar-refractivity contribution in [2.24, 2.45) is 0 Å². The largest absolute Gasteiger partial charge is 0.367 e. The monoisotopic (exact) mass is 366 g/mol. The highest BCUT2D eigenvalue weighted by molar-refractivity contribution is 5.78. The first-order valence-corrected chi connectivity index (χ1v) is 11.9. The van der Waals surface area contributed by atoms with E-state index in [9.17, 15) is 0 Å². The number of unbranched alkanes of at least 4 members (excludes halogenated alkanes) is 18. The second-order valence-electron chi connectivity index (χ2n) is 8.46. The van der Waals surface area contributed by atoms with Crippen molar-refractivity contribution in [1.29, 1.82) is 5.41 Å². The molecule has 0 rings (SSSR count). The van der Waals surface area contributed by atoms with E-state index in [-0.39, 0.29) is 0 Å². The van der Waals surface area contributed by atoms with E-state index in [1.165, 1.54) is 122 Å². The molecule has 0 spiro atoms. The first kappa shape index (κ1) is 25.5. The molecule has 2 heteroatoms. The summed E-state index contributed by atoms with van der Waals surface area (Å²) in [5.74, 6) is 0.775. The summed E-state index contributed by atoms with van der Waals surface area (Å²) in [5.41, 5.74) is 0. The van der Waals surface area contributed by atoms with E-state index in [1.807, 2.05) is 19.0 Å². The predicted octanol–water partition coefficient (Wildman–Crippen LogP) is 8.35. The first-order chi connectivity index (χ1) is 12.7. The third kappa shape index (κ3) is 19.8. The van der Waals surface area contributed by atoms with Gasteiger partial charge in [-0.15, -0.1) is 0 Å². The molecule has 0 saturated heterocycles. The zero-order valence-electron chi connectivity index (χ0n) is 18.6. The van der Waals surface area contributed by atoms with Crippen molar-refractivity contribution in [3.05, 3.63) is 0 Å². The number of rotatable bonds is 20. The molecule has 0 aromatic carbocycles. The average Bonchev–Trinajstić information content (AvgIpc) is 2.63. The third-order valence-corrected chi connectivity index (χ3v) is 5.56. The van der Waals surface area contributed by atoms with Crippen LogP contribution >= 0.6 is 0 Å². The van der Waals surface area contributed by atoms with Crippen molar-refractivity contribution in [2.75, 3.05) is 14.1 Å². The average molecular weight is 367 g/mol. The van der Waals surface area contributed by atoms with Gasteiger partial charge < -0.3 is 4.90 Å². The molecular formula is C24H50N2. The quantitative estimate of drug-likeness (QED) is 0.131. The number of nitrogens with zero attached hydrogens (tertiary/aromatic N) is 1. The molecule has 0 bridgehead atoms. The zero-order valence-corrected chi connectivity index (χ0v) is 18.6. The summed E-state index contributed by atoms with van der Waals surface area (Å²) in [6.45, 7) is 2.29. The second kappa shape index (κ2) is 20.8. The topological polar surface area (TPSA) is 27.1 Å². The van der Waals surface area contributed by atoms with Crippen molar-refractivity contribution in [3.63, 3.8) is 0 Å². The minimum Gasteiger partial charge on any atom is -0.367 e. The standard InChI is InChI=1S/C24H50N2/c1-4-5-6-7-8-9-10-11-12-13-14-15-16-17-18-19-20-21-22-23-24(25)26(2)3/h25H,4-23H2,1-3H3. The van der Waals surface area contributed by atoms with Gasteiger partial charge in [-0.05, 0) is 6.42 Å². The maximum absolute atomic E-state index is 7.77. The third-order valence-electron chi connectivity index (χ3n) is 5.56. The molecule has 0 atom stereocenters. The summed E-state index contributed by atoms with van der Waals surface area (Å²) in [5, 5.41) is 7.77. The lowest BCUT2D eigenvalue weighted by Crippen LogP contribution is -2.20. The van der Waals surface area contributed by atoms with Crippen LogP contribution in [0.5, 0.6) is 0 Å². The van der Waals surface area contributed by atoms with Gasteiger partial charge in [-0.1, -0.05) is 122 Å². The van der Waals surface area contributed by atoms with Gasteiger partial charge in [-0.3, -0.25) is 5.41 Å². The lowest BCUT2D eigenvalue weighted by atomic mass is 10.0. The molecule has 0 amide bonds. The van der Waals surface area contributed by atoms with E-state index in [0.717, 1.165) is 12.3 Å². The summed E-state index contributed by atoms with van der Waals surface area (Å²) in [6, 6.07) is 0. The Hall–Kier alpha value is -0.530. The minimum atomic E-state index is 0.775. The number of amidine groups is 1. The fourth-order valence-corrected chi connectivity index (χ4v) is 3.59. The maximum atomic E-state index is 7.77. The van der Waals surface area contributed by atoms with E-state index in [2.05, 4.69) is 6.92 Å². The van der Waals surface area contributed by atoms with E-state index in [1.54, 1.807) is 0 Å². The van der Waals surface area contributed by atoms with Gasteiger partial charge in [-0.2, -0.15) is 0 Å². The van der Waals surface area contributed by atoms with Gasteiger partial charge in [0.05, 0.1) is 5.84 Å². The van der Waals surface area contributed by atoms with Gasteiger partial charge in [0.2, 0.25) is 0 Å². The van der Waals surface area contributed by atoms with Gasteiger partial charge in [-0.25, -0.2) is 0 Å². The van der Waals surface area contributed by atoms with Crippen LogP contribution in [0.15, 0.2) is 0 Å². The molecule has 0 aliphatic carbocycles. The van der Waals surface area contributed by atoms with Crippen LogP contribution in [0, 0.1) is 5.41 Å². The molecular weight excluding hydrogens is 316 g/mol. The minimum absolute atomic E-state index is 0.775. The Balaban J connectivity index is 3.04. The van der Waals surface area contributed by atoms with Crippen molar-refractivity contribution < 1.29 is 0 Å². The highest BCUT2D eigenvalue weighted by Crippen LogP contribution is 2.14. The van der Waals surface area contributed by atoms with Gasteiger partial charge in [0, 0.05) is 20.5 Å². The van der Waals surface area contributed by atoms with E-state index < -0.39 is 0 Å². The predicted molar refractivity (Wildman–Crippen MR) is 119 cm³/mol. The van der Waals surface area contributed by atoms with E-state index in [4.69, 9.17) is 5.41 Å². The van der Waals surface area contributed by atoms with E-state index in [0.29, 0.717) is 0 Å². The Morgan fingerprint density at radius 1 is 0.500 bits per heavy atom. The van der Waals surface area contributed by atoms with Crippen LogP contribution < -0.4 is 0 Å². The molecule has 0 fully saturated rings. The highest BCUT2D eigenvalue weighted by Gasteiger charge is 1.99. The first-order valence-electron chi connectivity index (χ1n) is 11.9. The molecule has 0 saturated carbocycles. The Kier molecular flexibility index (Phi) is 20.4. The Morgan fingerprint density at radius 3 is 1.04 bits per heavy atom. The molecule has 0 aliphatic rings. The summed E-state index contributed by atoms with van der Waals surface area (Å²) < 4.78 is 0. The van der Waals surface area contributed by atoms with Gasteiger partial charge in [0.1, 0.15) is 0 Å². The second-order valence-corrected chi connectivity index (χ2v) is 8.46. The van der Waals surface area contributed by atoms with Crippen LogP contribution in [0.1, 0.15) is 135 Å². The van der Waals surface area contributed by atoms with Crippen LogP contribution in [-0.4, -0.2) is 24.8 Å². The number of hydrogen-bond acceptors (Lipinski definition) is 1. The van der Waals surface area contributed by atoms with Crippen molar-refractivity contribution in [1.82, 2.24) is 4.90 Å². The van der Waals surface area contributed by atoms with E-state index >= 15 is 0 Å². The molecule has 0 aromatic heterocycles. The lowest BCUT2D eigenvalue weighted by Gasteiger charge is -2.12. The molecule has 0 heterocycles. The normalized spacial score (nSPS) is 11.0. The van der Waals surface area contributed by atoms with Crippen LogP contribution in [-0.2, 0) is 0 Å². The molecule has 2 nitrogen and oxygen atoms in total.